The molecule has 6 heteroatoms. The number of aromatic hydroxyl groups is 1. The van der Waals surface area contributed by atoms with Gasteiger partial charge in [0.25, 0.3) is 5.91 Å². The van der Waals surface area contributed by atoms with Crippen LogP contribution in [-0.4, -0.2) is 28.1 Å². The minimum absolute atomic E-state index is 0.131. The van der Waals surface area contributed by atoms with Crippen LogP contribution in [0.25, 0.3) is 0 Å². The number of phenols is 1. The van der Waals surface area contributed by atoms with Gasteiger partial charge in [-0.1, -0.05) is 19.9 Å². The van der Waals surface area contributed by atoms with Crippen LogP contribution >= 0.6 is 0 Å². The summed E-state index contributed by atoms with van der Waals surface area (Å²) in [6.07, 6.45) is -0.265. The molecule has 0 aliphatic rings. The number of nitrogens with one attached hydrogen (secondary N) is 1. The van der Waals surface area contributed by atoms with E-state index >= 15 is 0 Å². The minimum Gasteiger partial charge on any atom is -0.507 e. The lowest BCUT2D eigenvalue weighted by Gasteiger charge is -2.21. The average Bonchev–Trinajstić information content (AvgIpc) is 2.27. The number of hydrogen-bond acceptors (Lipinski definition) is 3. The highest BCUT2D eigenvalue weighted by Gasteiger charge is 2.23. The van der Waals surface area contributed by atoms with Crippen molar-refractivity contribution in [2.45, 2.75) is 26.3 Å². The van der Waals surface area contributed by atoms with Gasteiger partial charge in [-0.3, -0.25) is 9.59 Å². The Morgan fingerprint density at radius 3 is 2.47 bits per heavy atom. The maximum Gasteiger partial charge on any atom is 0.305 e. The third-order valence-corrected chi connectivity index (χ3v) is 2.73. The molecule has 0 heterocycles. The molecule has 0 aliphatic heterocycles. The van der Waals surface area contributed by atoms with Crippen LogP contribution in [0.5, 0.6) is 5.75 Å². The first-order chi connectivity index (χ1) is 8.82. The summed E-state index contributed by atoms with van der Waals surface area (Å²) in [5.41, 5.74) is -0.474. The summed E-state index contributed by atoms with van der Waals surface area (Å²) in [6.45, 7) is 3.49. The van der Waals surface area contributed by atoms with Crippen LogP contribution in [0, 0.1) is 11.7 Å². The third-order valence-electron chi connectivity index (χ3n) is 2.73. The zero-order chi connectivity index (χ0) is 14.6. The lowest BCUT2D eigenvalue weighted by atomic mass is 10.0. The zero-order valence-electron chi connectivity index (χ0n) is 10.7. The molecule has 0 aliphatic carbocycles. The highest BCUT2D eigenvalue weighted by atomic mass is 19.1. The molecule has 3 N–H and O–H groups in total. The van der Waals surface area contributed by atoms with E-state index in [0.29, 0.717) is 0 Å². The van der Waals surface area contributed by atoms with E-state index in [0.717, 1.165) is 6.07 Å². The van der Waals surface area contributed by atoms with Crippen molar-refractivity contribution in [3.63, 3.8) is 0 Å². The smallest absolute Gasteiger partial charge is 0.305 e. The fourth-order valence-electron chi connectivity index (χ4n) is 1.62. The van der Waals surface area contributed by atoms with Gasteiger partial charge < -0.3 is 15.5 Å². The molecule has 1 amide bonds. The quantitative estimate of drug-likeness (QED) is 0.760. The fraction of sp³-hybridized carbons (Fsp3) is 0.385. The Kier molecular flexibility index (Phi) is 4.86. The van der Waals surface area contributed by atoms with E-state index in [1.165, 1.54) is 12.1 Å². The highest BCUT2D eigenvalue weighted by Crippen LogP contribution is 2.20. The average molecular weight is 269 g/mol. The number of carboxylic acid groups (broad SMARTS) is 1. The van der Waals surface area contributed by atoms with Gasteiger partial charge in [0.1, 0.15) is 17.1 Å². The summed E-state index contributed by atoms with van der Waals surface area (Å²) in [6, 6.07) is 2.89. The SMILES string of the molecule is CC(C)C(CC(=O)O)NC(=O)c1c(O)cccc1F. The largest absolute Gasteiger partial charge is 0.507 e. The van der Waals surface area contributed by atoms with Crippen LogP contribution in [0.4, 0.5) is 4.39 Å². The Labute approximate surface area is 110 Å². The molecule has 1 rings (SSSR count). The van der Waals surface area contributed by atoms with E-state index in [-0.39, 0.29) is 12.3 Å². The summed E-state index contributed by atoms with van der Waals surface area (Å²) in [5.74, 6) is -3.34. The van der Waals surface area contributed by atoms with Gasteiger partial charge in [-0.2, -0.15) is 0 Å². The lowest BCUT2D eigenvalue weighted by Crippen LogP contribution is -2.40. The Hall–Kier alpha value is -2.11. The molecule has 104 valence electrons. The van der Waals surface area contributed by atoms with Gasteiger partial charge in [0.15, 0.2) is 0 Å². The number of carbonyl (C=O) groups is 2. The van der Waals surface area contributed by atoms with Crippen molar-refractivity contribution in [2.75, 3.05) is 0 Å². The van der Waals surface area contributed by atoms with Crippen LogP contribution in [0.15, 0.2) is 18.2 Å². The lowest BCUT2D eigenvalue weighted by molar-refractivity contribution is -0.137. The molecule has 5 nitrogen and oxygen atoms in total. The first-order valence-corrected chi connectivity index (χ1v) is 5.83. The molecule has 0 saturated heterocycles. The molecule has 0 saturated carbocycles. The molecular formula is C13H16FNO4. The van der Waals surface area contributed by atoms with E-state index in [1.54, 1.807) is 13.8 Å². The predicted molar refractivity (Wildman–Crippen MR) is 66.4 cm³/mol. The number of aliphatic carboxylic acids is 1. The van der Waals surface area contributed by atoms with Gasteiger partial charge in [0, 0.05) is 6.04 Å². The third kappa shape index (κ3) is 3.94. The maximum atomic E-state index is 13.5. The molecular weight excluding hydrogens is 253 g/mol. The number of halogens is 1. The summed E-state index contributed by atoms with van der Waals surface area (Å²) in [7, 11) is 0. The summed E-state index contributed by atoms with van der Waals surface area (Å²) in [4.78, 5) is 22.6. The second kappa shape index (κ2) is 6.17. The van der Waals surface area contributed by atoms with Crippen LogP contribution < -0.4 is 5.32 Å². The Balaban J connectivity index is 2.91. The first kappa shape index (κ1) is 14.9. The molecule has 0 radical (unpaired) electrons. The van der Waals surface area contributed by atoms with E-state index in [2.05, 4.69) is 5.32 Å². The molecule has 0 fully saturated rings. The summed E-state index contributed by atoms with van der Waals surface area (Å²) in [5, 5.41) is 20.7. The van der Waals surface area contributed by atoms with E-state index in [9.17, 15) is 19.1 Å². The van der Waals surface area contributed by atoms with Crippen molar-refractivity contribution >= 4 is 11.9 Å². The fourth-order valence-corrected chi connectivity index (χ4v) is 1.62. The summed E-state index contributed by atoms with van der Waals surface area (Å²) < 4.78 is 13.5. The van der Waals surface area contributed by atoms with E-state index in [4.69, 9.17) is 5.11 Å². The number of rotatable bonds is 5. The van der Waals surface area contributed by atoms with Crippen molar-refractivity contribution in [3.05, 3.63) is 29.6 Å². The molecule has 1 aromatic carbocycles. The Morgan fingerprint density at radius 2 is 2.00 bits per heavy atom. The van der Waals surface area contributed by atoms with Gasteiger partial charge in [-0.05, 0) is 18.1 Å². The second-order valence-corrected chi connectivity index (χ2v) is 4.56. The van der Waals surface area contributed by atoms with Gasteiger partial charge in [0.05, 0.1) is 6.42 Å². The number of hydrogen-bond donors (Lipinski definition) is 3. The Morgan fingerprint density at radius 1 is 1.37 bits per heavy atom. The number of benzene rings is 1. The minimum atomic E-state index is -1.06. The zero-order valence-corrected chi connectivity index (χ0v) is 10.7. The highest BCUT2D eigenvalue weighted by molar-refractivity contribution is 5.97. The standard InChI is InChI=1S/C13H16FNO4/c1-7(2)9(6-11(17)18)15-13(19)12-8(14)4-3-5-10(12)16/h3-5,7,9,16H,6H2,1-2H3,(H,15,19)(H,17,18). The molecule has 0 bridgehead atoms. The number of carboxylic acids is 1. The number of amides is 1. The molecule has 1 unspecified atom stereocenters. The second-order valence-electron chi connectivity index (χ2n) is 4.56. The molecule has 19 heavy (non-hydrogen) atoms. The van der Waals surface area contributed by atoms with Crippen molar-refractivity contribution < 1.29 is 24.2 Å². The first-order valence-electron chi connectivity index (χ1n) is 5.83. The van der Waals surface area contributed by atoms with E-state index in [1.807, 2.05) is 0 Å². The van der Waals surface area contributed by atoms with Crippen LogP contribution in [0.3, 0.4) is 0 Å². The van der Waals surface area contributed by atoms with Crippen LogP contribution in [0.1, 0.15) is 30.6 Å². The van der Waals surface area contributed by atoms with Gasteiger partial charge in [0.2, 0.25) is 0 Å². The predicted octanol–water partition coefficient (Wildman–Crippen LogP) is 1.76. The number of carbonyl (C=O) groups excluding carboxylic acids is 1. The molecule has 1 aromatic rings. The van der Waals surface area contributed by atoms with Crippen molar-refractivity contribution in [1.29, 1.82) is 0 Å². The van der Waals surface area contributed by atoms with Gasteiger partial charge >= 0.3 is 5.97 Å². The van der Waals surface area contributed by atoms with E-state index < -0.39 is 35.0 Å². The molecule has 0 spiro atoms. The molecule has 1 atom stereocenters. The summed E-state index contributed by atoms with van der Waals surface area (Å²) >= 11 is 0. The van der Waals surface area contributed by atoms with Crippen LogP contribution in [0.2, 0.25) is 0 Å². The van der Waals surface area contributed by atoms with Gasteiger partial charge in [-0.25, -0.2) is 4.39 Å². The topological polar surface area (TPSA) is 86.6 Å². The number of phenolic OH excluding ortho intramolecular Hbond substituents is 1. The van der Waals surface area contributed by atoms with Crippen molar-refractivity contribution in [3.8, 4) is 5.75 Å². The van der Waals surface area contributed by atoms with Crippen molar-refractivity contribution in [1.82, 2.24) is 5.32 Å². The monoisotopic (exact) mass is 269 g/mol. The maximum absolute atomic E-state index is 13.5. The normalized spacial score (nSPS) is 12.2. The van der Waals surface area contributed by atoms with Crippen LogP contribution in [-0.2, 0) is 4.79 Å². The molecule has 0 aromatic heterocycles. The van der Waals surface area contributed by atoms with Crippen molar-refractivity contribution in [2.24, 2.45) is 5.92 Å². The van der Waals surface area contributed by atoms with Gasteiger partial charge in [-0.15, -0.1) is 0 Å². The Bertz CT molecular complexity index is 467.